The Hall–Kier alpha value is -1.94. The molecule has 1 aliphatic carbocycles. The van der Waals surface area contributed by atoms with Gasteiger partial charge in [-0.2, -0.15) is 0 Å². The second-order valence-corrected chi connectivity index (χ2v) is 13.1. The molecule has 3 aliphatic heterocycles. The molecule has 5 rings (SSSR count). The van der Waals surface area contributed by atoms with Crippen LogP contribution in [0.4, 0.5) is 4.79 Å². The number of aromatic nitrogens is 2. The summed E-state index contributed by atoms with van der Waals surface area (Å²) < 4.78 is 20.8. The standard InChI is InChI=1S/C30H48N4O5/c1-19(2)10-11-24-29(5,39-24)27-26(37-7)23(12-13-30(27)17-38-30)34(28(35)36)25(20(3)4)22-16-33(18-31-22)15-21-9-8-14-32(21)6/h10,16,18,20-21,23-27H,8-9,11-15,17H2,1-7H3,(H,35,36)/t21-,23+,24+,25?,26+,27+,29-,30-/m0/s1. The Morgan fingerprint density at radius 1 is 1.36 bits per heavy atom. The van der Waals surface area contributed by atoms with E-state index in [0.29, 0.717) is 19.1 Å². The predicted octanol–water partition coefficient (Wildman–Crippen LogP) is 4.73. The van der Waals surface area contributed by atoms with Crippen LogP contribution in [0.15, 0.2) is 24.2 Å². The van der Waals surface area contributed by atoms with Gasteiger partial charge in [-0.3, -0.25) is 4.90 Å². The number of hydrogen-bond donors (Lipinski definition) is 1. The summed E-state index contributed by atoms with van der Waals surface area (Å²) in [5, 5.41) is 10.7. The number of amides is 1. The number of likely N-dealkylation sites (N-methyl/N-ethyl adjacent to an activating group) is 1. The number of nitrogens with zero attached hydrogens (tertiary/aromatic N) is 4. The molecule has 9 nitrogen and oxygen atoms in total. The number of carbonyl (C=O) groups is 1. The molecule has 1 aromatic rings. The third-order valence-electron chi connectivity index (χ3n) is 9.82. The van der Waals surface area contributed by atoms with Crippen LogP contribution >= 0.6 is 0 Å². The first-order valence-electron chi connectivity index (χ1n) is 14.7. The minimum absolute atomic E-state index is 0.0424. The van der Waals surface area contributed by atoms with Gasteiger partial charge in [-0.15, -0.1) is 0 Å². The van der Waals surface area contributed by atoms with Crippen molar-refractivity contribution in [1.82, 2.24) is 19.4 Å². The van der Waals surface area contributed by atoms with Crippen molar-refractivity contribution in [2.45, 2.75) is 115 Å². The van der Waals surface area contributed by atoms with Gasteiger partial charge in [-0.05, 0) is 72.4 Å². The molecule has 218 valence electrons. The zero-order valence-electron chi connectivity index (χ0n) is 24.8. The Labute approximate surface area is 233 Å². The van der Waals surface area contributed by atoms with Crippen LogP contribution in [0.1, 0.15) is 78.5 Å². The van der Waals surface area contributed by atoms with E-state index in [2.05, 4.69) is 63.4 Å². The van der Waals surface area contributed by atoms with Gasteiger partial charge >= 0.3 is 6.09 Å². The lowest BCUT2D eigenvalue weighted by Crippen LogP contribution is -2.61. The Bertz CT molecular complexity index is 1060. The van der Waals surface area contributed by atoms with Crippen LogP contribution < -0.4 is 0 Å². The summed E-state index contributed by atoms with van der Waals surface area (Å²) in [5.74, 6) is -0.00441. The monoisotopic (exact) mass is 544 g/mol. The topological polar surface area (TPSA) is 95.9 Å². The average Bonchev–Trinajstić information content (AvgIpc) is 3.66. The van der Waals surface area contributed by atoms with E-state index in [1.165, 1.54) is 18.4 Å². The first-order valence-corrected chi connectivity index (χ1v) is 14.7. The van der Waals surface area contributed by atoms with E-state index in [9.17, 15) is 9.90 Å². The van der Waals surface area contributed by atoms with Crippen LogP contribution in [0, 0.1) is 11.8 Å². The van der Waals surface area contributed by atoms with Crippen molar-refractivity contribution in [1.29, 1.82) is 0 Å². The van der Waals surface area contributed by atoms with Gasteiger partial charge < -0.3 is 28.8 Å². The van der Waals surface area contributed by atoms with Crippen molar-refractivity contribution >= 4 is 6.09 Å². The van der Waals surface area contributed by atoms with Crippen molar-refractivity contribution < 1.29 is 24.1 Å². The van der Waals surface area contributed by atoms with Gasteiger partial charge in [0, 0.05) is 31.8 Å². The Morgan fingerprint density at radius 2 is 2.10 bits per heavy atom. The molecule has 4 fully saturated rings. The largest absolute Gasteiger partial charge is 0.465 e. The quantitative estimate of drug-likeness (QED) is 0.336. The minimum atomic E-state index is -0.930. The molecule has 1 N–H and O–H groups in total. The third kappa shape index (κ3) is 5.39. The molecule has 1 aromatic heterocycles. The van der Waals surface area contributed by atoms with Crippen LogP contribution in [0.3, 0.4) is 0 Å². The molecule has 3 saturated heterocycles. The summed E-state index contributed by atoms with van der Waals surface area (Å²) in [6.07, 6.45) is 9.68. The van der Waals surface area contributed by atoms with Crippen LogP contribution in [-0.4, -0.2) is 93.4 Å². The number of ether oxygens (including phenoxy) is 3. The predicted molar refractivity (Wildman–Crippen MR) is 149 cm³/mol. The fourth-order valence-corrected chi connectivity index (χ4v) is 7.62. The van der Waals surface area contributed by atoms with Crippen LogP contribution in [0.5, 0.6) is 0 Å². The average molecular weight is 545 g/mol. The summed E-state index contributed by atoms with van der Waals surface area (Å²) in [7, 11) is 3.88. The van der Waals surface area contributed by atoms with Crippen LogP contribution in [-0.2, 0) is 20.8 Å². The number of methoxy groups -OCH3 is 1. The van der Waals surface area contributed by atoms with Crippen molar-refractivity contribution in [2.75, 3.05) is 27.3 Å². The van der Waals surface area contributed by atoms with E-state index in [0.717, 1.165) is 31.6 Å². The molecule has 9 heteroatoms. The highest BCUT2D eigenvalue weighted by Crippen LogP contribution is 2.60. The van der Waals surface area contributed by atoms with Gasteiger partial charge in [0.25, 0.3) is 0 Å². The first-order chi connectivity index (χ1) is 18.5. The molecule has 0 aromatic carbocycles. The number of carboxylic acid groups (broad SMARTS) is 1. The second-order valence-electron chi connectivity index (χ2n) is 13.1. The molecular weight excluding hydrogens is 496 g/mol. The fourth-order valence-electron chi connectivity index (χ4n) is 7.62. The molecule has 1 unspecified atom stereocenters. The Morgan fingerprint density at radius 3 is 2.67 bits per heavy atom. The van der Waals surface area contributed by atoms with Crippen molar-refractivity contribution in [3.63, 3.8) is 0 Å². The molecule has 0 radical (unpaired) electrons. The van der Waals surface area contributed by atoms with E-state index in [1.807, 2.05) is 6.33 Å². The number of epoxide rings is 2. The Kier molecular flexibility index (Phi) is 7.92. The summed E-state index contributed by atoms with van der Waals surface area (Å²) in [6, 6.07) is -0.210. The highest BCUT2D eigenvalue weighted by molar-refractivity contribution is 5.66. The summed E-state index contributed by atoms with van der Waals surface area (Å²) in [6.45, 7) is 13.2. The molecule has 4 aliphatic rings. The van der Waals surface area contributed by atoms with Gasteiger partial charge in [-0.25, -0.2) is 9.78 Å². The van der Waals surface area contributed by atoms with Crippen molar-refractivity contribution in [2.24, 2.45) is 11.8 Å². The fraction of sp³-hybridized carbons (Fsp3) is 0.800. The summed E-state index contributed by atoms with van der Waals surface area (Å²) in [4.78, 5) is 21.9. The number of likely N-dealkylation sites (tertiary alicyclic amines) is 1. The number of imidazole rings is 1. The van der Waals surface area contributed by atoms with E-state index in [-0.39, 0.29) is 41.7 Å². The smallest absolute Gasteiger partial charge is 0.408 e. The molecule has 0 bridgehead atoms. The number of rotatable bonds is 10. The van der Waals surface area contributed by atoms with E-state index < -0.39 is 11.7 Å². The molecule has 1 amide bonds. The van der Waals surface area contributed by atoms with Crippen molar-refractivity contribution in [3.8, 4) is 0 Å². The van der Waals surface area contributed by atoms with Gasteiger partial charge in [0.1, 0.15) is 5.60 Å². The SMILES string of the molecule is CO[C@@H]1[C@H](N(C(=O)O)C(c2cn(C[C@@H]3CCCN3C)cn2)C(C)C)CC[C@]2(CO2)[C@H]1[C@@]1(C)O[C@@H]1CC=C(C)C. The first kappa shape index (κ1) is 28.6. The maximum atomic E-state index is 13.1. The number of hydrogen-bond acceptors (Lipinski definition) is 6. The van der Waals surface area contributed by atoms with E-state index in [4.69, 9.17) is 19.2 Å². The second kappa shape index (κ2) is 10.8. The van der Waals surface area contributed by atoms with E-state index >= 15 is 0 Å². The van der Waals surface area contributed by atoms with Crippen LogP contribution in [0.25, 0.3) is 0 Å². The lowest BCUT2D eigenvalue weighted by atomic mass is 9.67. The normalized spacial score (nSPS) is 36.8. The third-order valence-corrected chi connectivity index (χ3v) is 9.82. The minimum Gasteiger partial charge on any atom is -0.465 e. The van der Waals surface area contributed by atoms with Gasteiger partial charge in [0.2, 0.25) is 0 Å². The van der Waals surface area contributed by atoms with E-state index in [1.54, 1.807) is 12.0 Å². The summed E-state index contributed by atoms with van der Waals surface area (Å²) >= 11 is 0. The molecule has 4 heterocycles. The zero-order chi connectivity index (χ0) is 28.1. The van der Waals surface area contributed by atoms with Crippen LogP contribution in [0.2, 0.25) is 0 Å². The molecule has 8 atom stereocenters. The molecular formula is C30H48N4O5. The zero-order valence-corrected chi connectivity index (χ0v) is 24.8. The van der Waals surface area contributed by atoms with Gasteiger partial charge in [0.05, 0.1) is 48.5 Å². The molecule has 1 saturated carbocycles. The van der Waals surface area contributed by atoms with Gasteiger partial charge in [-0.1, -0.05) is 25.5 Å². The summed E-state index contributed by atoms with van der Waals surface area (Å²) in [5.41, 5.74) is 1.37. The highest BCUT2D eigenvalue weighted by Gasteiger charge is 2.72. The Balaban J connectivity index is 1.42. The van der Waals surface area contributed by atoms with Crippen molar-refractivity contribution in [3.05, 3.63) is 29.9 Å². The molecule has 39 heavy (non-hydrogen) atoms. The number of allylic oxidation sites excluding steroid dienone is 1. The van der Waals surface area contributed by atoms with Gasteiger partial charge in [0.15, 0.2) is 0 Å². The molecule has 1 spiro atoms. The highest BCUT2D eigenvalue weighted by atomic mass is 16.6. The lowest BCUT2D eigenvalue weighted by molar-refractivity contribution is -0.102. The maximum absolute atomic E-state index is 13.1. The lowest BCUT2D eigenvalue weighted by Gasteiger charge is -2.48. The maximum Gasteiger partial charge on any atom is 0.408 e.